The first-order valence-electron chi connectivity index (χ1n) is 6.44. The number of amides is 1. The van der Waals surface area contributed by atoms with E-state index in [1.807, 2.05) is 13.8 Å². The monoisotopic (exact) mass is 319 g/mol. The number of nitrogens with two attached hydrogens (primary N) is 1. The smallest absolute Gasteiger partial charge is 0.263 e. The van der Waals surface area contributed by atoms with Crippen molar-refractivity contribution < 1.29 is 13.2 Å². The van der Waals surface area contributed by atoms with Gasteiger partial charge in [-0.15, -0.1) is 11.3 Å². The van der Waals surface area contributed by atoms with Gasteiger partial charge >= 0.3 is 0 Å². The van der Waals surface area contributed by atoms with Crippen molar-refractivity contribution in [2.24, 2.45) is 0 Å². The molecular weight excluding hydrogens is 298 g/mol. The molecule has 1 amide bonds. The third kappa shape index (κ3) is 3.43. The van der Waals surface area contributed by atoms with Gasteiger partial charge in [-0.2, -0.15) is 0 Å². The molecule has 114 valence electrons. The number of carbonyl (C=O) groups excluding carboxylic acids is 1. The van der Waals surface area contributed by atoms with Gasteiger partial charge in [0.15, 0.2) is 9.84 Å². The molecule has 0 aliphatic rings. The van der Waals surface area contributed by atoms with Crippen LogP contribution in [0.5, 0.6) is 0 Å². The SMILES string of the molecule is CCNC(=O)c1sc(NC(C)C)c(S(=O)(=O)CC)c1N. The summed E-state index contributed by atoms with van der Waals surface area (Å²) in [5, 5.41) is 6.12. The highest BCUT2D eigenvalue weighted by Crippen LogP contribution is 2.40. The van der Waals surface area contributed by atoms with E-state index in [-0.39, 0.29) is 33.2 Å². The van der Waals surface area contributed by atoms with Gasteiger partial charge in [0.1, 0.15) is 14.8 Å². The second kappa shape index (κ2) is 6.45. The van der Waals surface area contributed by atoms with Crippen molar-refractivity contribution in [3.63, 3.8) is 0 Å². The average molecular weight is 319 g/mol. The average Bonchev–Trinajstić information content (AvgIpc) is 2.66. The van der Waals surface area contributed by atoms with Crippen LogP contribution in [0.2, 0.25) is 0 Å². The van der Waals surface area contributed by atoms with E-state index in [1.165, 1.54) is 0 Å². The number of sulfone groups is 1. The van der Waals surface area contributed by atoms with Crippen molar-refractivity contribution in [2.45, 2.75) is 38.6 Å². The van der Waals surface area contributed by atoms with E-state index < -0.39 is 9.84 Å². The molecule has 0 fully saturated rings. The summed E-state index contributed by atoms with van der Waals surface area (Å²) in [7, 11) is -3.49. The molecule has 0 radical (unpaired) electrons. The molecule has 1 rings (SSSR count). The summed E-state index contributed by atoms with van der Waals surface area (Å²) in [5.74, 6) is -0.408. The van der Waals surface area contributed by atoms with Crippen LogP contribution in [0.15, 0.2) is 4.90 Å². The second-order valence-electron chi connectivity index (χ2n) is 4.57. The molecule has 0 atom stereocenters. The Labute approximate surface area is 123 Å². The first-order chi connectivity index (χ1) is 9.24. The van der Waals surface area contributed by atoms with Gasteiger partial charge < -0.3 is 16.4 Å². The molecule has 1 heterocycles. The number of rotatable bonds is 6. The van der Waals surface area contributed by atoms with Gasteiger partial charge in [0.25, 0.3) is 5.91 Å². The van der Waals surface area contributed by atoms with E-state index in [2.05, 4.69) is 10.6 Å². The zero-order valence-electron chi connectivity index (χ0n) is 12.1. The minimum absolute atomic E-state index is 0.0333. The maximum Gasteiger partial charge on any atom is 0.263 e. The van der Waals surface area contributed by atoms with Gasteiger partial charge in [-0.3, -0.25) is 4.79 Å². The van der Waals surface area contributed by atoms with Gasteiger partial charge in [-0.1, -0.05) is 6.92 Å². The molecule has 0 spiro atoms. The topological polar surface area (TPSA) is 101 Å². The largest absolute Gasteiger partial charge is 0.396 e. The maximum atomic E-state index is 12.2. The Morgan fingerprint density at radius 2 is 1.95 bits per heavy atom. The van der Waals surface area contributed by atoms with Crippen LogP contribution >= 0.6 is 11.3 Å². The Morgan fingerprint density at radius 1 is 1.35 bits per heavy atom. The molecule has 6 nitrogen and oxygen atoms in total. The lowest BCUT2D eigenvalue weighted by Crippen LogP contribution is -2.22. The lowest BCUT2D eigenvalue weighted by molar-refractivity contribution is 0.0960. The summed E-state index contributed by atoms with van der Waals surface area (Å²) in [6, 6.07) is 0.0425. The van der Waals surface area contributed by atoms with E-state index in [9.17, 15) is 13.2 Å². The van der Waals surface area contributed by atoms with Crippen molar-refractivity contribution in [1.82, 2.24) is 5.32 Å². The summed E-state index contributed by atoms with van der Waals surface area (Å²) in [4.78, 5) is 12.2. The molecule has 8 heteroatoms. The standard InChI is InChI=1S/C12H21N3O3S2/c1-5-14-11(16)9-8(13)10(20(17,18)6-2)12(19-9)15-7(3)4/h7,15H,5-6,13H2,1-4H3,(H,14,16). The van der Waals surface area contributed by atoms with Crippen LogP contribution in [0.25, 0.3) is 0 Å². The fourth-order valence-corrected chi connectivity index (χ4v) is 4.36. The van der Waals surface area contributed by atoms with Gasteiger partial charge in [0, 0.05) is 12.6 Å². The molecule has 0 bridgehead atoms. The van der Waals surface area contributed by atoms with Crippen LogP contribution in [0, 0.1) is 0 Å². The number of thiophene rings is 1. The predicted molar refractivity (Wildman–Crippen MR) is 83.2 cm³/mol. The molecule has 0 saturated heterocycles. The number of anilines is 2. The Kier molecular flexibility index (Phi) is 5.41. The lowest BCUT2D eigenvalue weighted by Gasteiger charge is -2.10. The van der Waals surface area contributed by atoms with E-state index >= 15 is 0 Å². The van der Waals surface area contributed by atoms with Crippen molar-refractivity contribution >= 4 is 37.8 Å². The number of nitrogen functional groups attached to an aromatic ring is 1. The molecule has 0 aliphatic heterocycles. The molecule has 20 heavy (non-hydrogen) atoms. The highest BCUT2D eigenvalue weighted by Gasteiger charge is 2.28. The van der Waals surface area contributed by atoms with Crippen molar-refractivity contribution in [3.8, 4) is 0 Å². The Hall–Kier alpha value is -1.28. The third-order valence-electron chi connectivity index (χ3n) is 2.55. The van der Waals surface area contributed by atoms with E-state index in [0.717, 1.165) is 11.3 Å². The summed E-state index contributed by atoms with van der Waals surface area (Å²) >= 11 is 1.08. The molecule has 4 N–H and O–H groups in total. The van der Waals surface area contributed by atoms with Crippen LogP contribution < -0.4 is 16.4 Å². The normalized spacial score (nSPS) is 11.7. The summed E-state index contributed by atoms with van der Waals surface area (Å²) in [5.41, 5.74) is 5.94. The van der Waals surface area contributed by atoms with Gasteiger partial charge in [-0.25, -0.2) is 8.42 Å². The summed E-state index contributed by atoms with van der Waals surface area (Å²) in [6.45, 7) is 7.59. The molecular formula is C12H21N3O3S2. The van der Waals surface area contributed by atoms with Crippen molar-refractivity contribution in [2.75, 3.05) is 23.3 Å². The van der Waals surface area contributed by atoms with Gasteiger partial charge in [0.2, 0.25) is 0 Å². The maximum absolute atomic E-state index is 12.2. The lowest BCUT2D eigenvalue weighted by atomic mass is 10.3. The van der Waals surface area contributed by atoms with Crippen LogP contribution in [0.4, 0.5) is 10.7 Å². The van der Waals surface area contributed by atoms with Crippen molar-refractivity contribution in [1.29, 1.82) is 0 Å². The van der Waals surface area contributed by atoms with Crippen LogP contribution in [0.1, 0.15) is 37.4 Å². The van der Waals surface area contributed by atoms with E-state index in [4.69, 9.17) is 5.73 Å². The van der Waals surface area contributed by atoms with Gasteiger partial charge in [0.05, 0.1) is 11.4 Å². The number of hydrogen-bond acceptors (Lipinski definition) is 6. The number of nitrogens with one attached hydrogen (secondary N) is 2. The summed E-state index contributed by atoms with van der Waals surface area (Å²) in [6.07, 6.45) is 0. The number of carbonyl (C=O) groups is 1. The van der Waals surface area contributed by atoms with Crippen molar-refractivity contribution in [3.05, 3.63) is 4.88 Å². The molecule has 1 aromatic rings. The number of hydrogen-bond donors (Lipinski definition) is 3. The predicted octanol–water partition coefficient (Wildman–Crippen LogP) is 1.69. The molecule has 0 unspecified atom stereocenters. The minimum Gasteiger partial charge on any atom is -0.396 e. The minimum atomic E-state index is -3.49. The molecule has 0 aromatic carbocycles. The van der Waals surface area contributed by atoms with Gasteiger partial charge in [-0.05, 0) is 20.8 Å². The quantitative estimate of drug-likeness (QED) is 0.740. The Morgan fingerprint density at radius 3 is 2.40 bits per heavy atom. The molecule has 1 aromatic heterocycles. The first-order valence-corrected chi connectivity index (χ1v) is 8.91. The first kappa shape index (κ1) is 16.8. The van der Waals surface area contributed by atoms with E-state index in [0.29, 0.717) is 11.5 Å². The van der Waals surface area contributed by atoms with Crippen LogP contribution in [-0.4, -0.2) is 32.7 Å². The Bertz CT molecular complexity index is 591. The highest BCUT2D eigenvalue weighted by atomic mass is 32.2. The molecule has 0 saturated carbocycles. The fraction of sp³-hybridized carbons (Fsp3) is 0.583. The highest BCUT2D eigenvalue weighted by molar-refractivity contribution is 7.91. The zero-order valence-corrected chi connectivity index (χ0v) is 13.7. The molecule has 0 aliphatic carbocycles. The third-order valence-corrected chi connectivity index (χ3v) is 5.62. The zero-order chi connectivity index (χ0) is 15.5. The van der Waals surface area contributed by atoms with E-state index in [1.54, 1.807) is 13.8 Å². The Balaban J connectivity index is 3.43. The van der Waals surface area contributed by atoms with Crippen LogP contribution in [-0.2, 0) is 9.84 Å². The second-order valence-corrected chi connectivity index (χ2v) is 7.80. The summed E-state index contributed by atoms with van der Waals surface area (Å²) < 4.78 is 24.3. The fourth-order valence-electron chi connectivity index (χ4n) is 1.65. The van der Waals surface area contributed by atoms with Crippen LogP contribution in [0.3, 0.4) is 0 Å².